The second-order valence-corrected chi connectivity index (χ2v) is 4.47. The highest BCUT2D eigenvalue weighted by Gasteiger charge is 2.08. The van der Waals surface area contributed by atoms with Crippen molar-refractivity contribution in [3.05, 3.63) is 42.0 Å². The molecule has 6 heteroatoms. The number of fused-ring (bicyclic) bond motifs is 1. The molecular weight excluding hydrogens is 256 g/mol. The number of nitrogens with two attached hydrogens (primary N) is 2. The molecule has 0 amide bonds. The largest absolute Gasteiger partial charge is 0.478 e. The molecule has 0 saturated carbocycles. The Morgan fingerprint density at radius 3 is 2.40 bits per heavy atom. The summed E-state index contributed by atoms with van der Waals surface area (Å²) in [5.41, 5.74) is 15.0. The summed E-state index contributed by atoms with van der Waals surface area (Å²) < 4.78 is 0. The summed E-state index contributed by atoms with van der Waals surface area (Å²) in [5, 5.41) is 8.87. The number of benzene rings is 2. The molecule has 0 atom stereocenters. The van der Waals surface area contributed by atoms with E-state index in [0.29, 0.717) is 22.7 Å². The Balaban J connectivity index is 2.07. The minimum Gasteiger partial charge on any atom is -0.478 e. The van der Waals surface area contributed by atoms with Crippen molar-refractivity contribution in [3.8, 4) is 11.4 Å². The molecule has 1 heterocycles. The van der Waals surface area contributed by atoms with Crippen LogP contribution in [0.3, 0.4) is 0 Å². The zero-order valence-electron chi connectivity index (χ0n) is 10.4. The number of hydrogen-bond donors (Lipinski definition) is 4. The summed E-state index contributed by atoms with van der Waals surface area (Å²) in [7, 11) is 0. The molecule has 0 radical (unpaired) electrons. The van der Waals surface area contributed by atoms with Gasteiger partial charge in [0.1, 0.15) is 5.82 Å². The van der Waals surface area contributed by atoms with E-state index in [1.54, 1.807) is 24.3 Å². The zero-order chi connectivity index (χ0) is 14.3. The van der Waals surface area contributed by atoms with Crippen LogP contribution in [0.15, 0.2) is 36.4 Å². The quantitative estimate of drug-likeness (QED) is 0.531. The summed E-state index contributed by atoms with van der Waals surface area (Å²) in [6.45, 7) is 0. The Bertz CT molecular complexity index is 767. The molecule has 6 nitrogen and oxygen atoms in total. The third-order valence-corrected chi connectivity index (χ3v) is 3.09. The van der Waals surface area contributed by atoms with Crippen molar-refractivity contribution in [1.29, 1.82) is 0 Å². The topological polar surface area (TPSA) is 118 Å². The molecule has 2 aromatic carbocycles. The predicted molar refractivity (Wildman–Crippen MR) is 77.3 cm³/mol. The van der Waals surface area contributed by atoms with E-state index in [4.69, 9.17) is 16.6 Å². The van der Waals surface area contributed by atoms with E-state index in [1.807, 2.05) is 0 Å². The highest BCUT2D eigenvalue weighted by molar-refractivity contribution is 5.89. The Kier molecular flexibility index (Phi) is 2.57. The van der Waals surface area contributed by atoms with Gasteiger partial charge < -0.3 is 21.6 Å². The molecule has 3 rings (SSSR count). The third-order valence-electron chi connectivity index (χ3n) is 3.09. The standard InChI is InChI=1S/C14H12N4O2/c15-9-5-11-12(6-10(9)16)18-13(17-11)7-1-3-8(4-2-7)14(19)20/h1-6H,15-16H2,(H,17,18)(H,19,20). The number of nitrogens with one attached hydrogen (secondary N) is 1. The van der Waals surface area contributed by atoms with Gasteiger partial charge in [0.25, 0.3) is 0 Å². The van der Waals surface area contributed by atoms with E-state index in [-0.39, 0.29) is 5.56 Å². The lowest BCUT2D eigenvalue weighted by atomic mass is 10.1. The first-order valence-corrected chi connectivity index (χ1v) is 5.93. The van der Waals surface area contributed by atoms with Crippen LogP contribution in [0.1, 0.15) is 10.4 Å². The van der Waals surface area contributed by atoms with Gasteiger partial charge in [-0.25, -0.2) is 9.78 Å². The van der Waals surface area contributed by atoms with Crippen molar-refractivity contribution < 1.29 is 9.90 Å². The summed E-state index contributed by atoms with van der Waals surface area (Å²) in [5.74, 6) is -0.316. The summed E-state index contributed by atoms with van der Waals surface area (Å²) in [4.78, 5) is 18.4. The lowest BCUT2D eigenvalue weighted by molar-refractivity contribution is 0.0697. The van der Waals surface area contributed by atoms with Crippen LogP contribution in [0.5, 0.6) is 0 Å². The highest BCUT2D eigenvalue weighted by atomic mass is 16.4. The van der Waals surface area contributed by atoms with Crippen molar-refractivity contribution >= 4 is 28.4 Å². The minimum absolute atomic E-state index is 0.235. The van der Waals surface area contributed by atoms with Gasteiger partial charge in [-0.05, 0) is 24.3 Å². The predicted octanol–water partition coefficient (Wildman–Crippen LogP) is 2.09. The van der Waals surface area contributed by atoms with Gasteiger partial charge in [-0.15, -0.1) is 0 Å². The molecule has 0 aliphatic rings. The maximum absolute atomic E-state index is 10.8. The number of anilines is 2. The molecule has 6 N–H and O–H groups in total. The van der Waals surface area contributed by atoms with Crippen LogP contribution >= 0.6 is 0 Å². The first kappa shape index (κ1) is 12.0. The lowest BCUT2D eigenvalue weighted by Crippen LogP contribution is -1.95. The van der Waals surface area contributed by atoms with Crippen LogP contribution in [0.25, 0.3) is 22.4 Å². The normalized spacial score (nSPS) is 10.8. The molecule has 0 aliphatic carbocycles. The number of rotatable bonds is 2. The molecule has 3 aromatic rings. The number of imidazole rings is 1. The number of carboxylic acid groups (broad SMARTS) is 1. The Labute approximate surface area is 114 Å². The molecule has 0 bridgehead atoms. The van der Waals surface area contributed by atoms with Crippen LogP contribution in [-0.4, -0.2) is 21.0 Å². The van der Waals surface area contributed by atoms with Gasteiger partial charge in [0, 0.05) is 5.56 Å². The Hall–Kier alpha value is -3.02. The van der Waals surface area contributed by atoms with E-state index in [9.17, 15) is 4.79 Å². The van der Waals surface area contributed by atoms with Crippen LogP contribution in [0.4, 0.5) is 11.4 Å². The van der Waals surface area contributed by atoms with Gasteiger partial charge in [0.15, 0.2) is 0 Å². The number of aromatic amines is 1. The minimum atomic E-state index is -0.957. The fourth-order valence-corrected chi connectivity index (χ4v) is 2.00. The third kappa shape index (κ3) is 1.93. The highest BCUT2D eigenvalue weighted by Crippen LogP contribution is 2.25. The SMILES string of the molecule is Nc1cc2nc(-c3ccc(C(=O)O)cc3)[nH]c2cc1N. The number of carboxylic acids is 1. The molecule has 0 fully saturated rings. The second kappa shape index (κ2) is 4.27. The van der Waals surface area contributed by atoms with Crippen molar-refractivity contribution in [2.45, 2.75) is 0 Å². The van der Waals surface area contributed by atoms with Gasteiger partial charge in [-0.3, -0.25) is 0 Å². The van der Waals surface area contributed by atoms with E-state index >= 15 is 0 Å². The van der Waals surface area contributed by atoms with Crippen LogP contribution in [0, 0.1) is 0 Å². The van der Waals surface area contributed by atoms with Crippen molar-refractivity contribution in [3.63, 3.8) is 0 Å². The molecule has 0 saturated heterocycles. The van der Waals surface area contributed by atoms with Crippen LogP contribution < -0.4 is 11.5 Å². The first-order valence-electron chi connectivity index (χ1n) is 5.93. The fraction of sp³-hybridized carbons (Fsp3) is 0. The van der Waals surface area contributed by atoms with E-state index < -0.39 is 5.97 Å². The summed E-state index contributed by atoms with van der Waals surface area (Å²) in [6.07, 6.45) is 0. The maximum atomic E-state index is 10.8. The maximum Gasteiger partial charge on any atom is 0.335 e. The fourth-order valence-electron chi connectivity index (χ4n) is 2.00. The van der Waals surface area contributed by atoms with Crippen molar-refractivity contribution in [1.82, 2.24) is 9.97 Å². The first-order chi connectivity index (χ1) is 9.54. The number of hydrogen-bond acceptors (Lipinski definition) is 4. The van der Waals surface area contributed by atoms with Crippen molar-refractivity contribution in [2.75, 3.05) is 11.5 Å². The number of nitrogen functional groups attached to an aromatic ring is 2. The monoisotopic (exact) mass is 268 g/mol. The van der Waals surface area contributed by atoms with Crippen molar-refractivity contribution in [2.24, 2.45) is 0 Å². The number of aromatic nitrogens is 2. The number of H-pyrrole nitrogens is 1. The number of aromatic carboxylic acids is 1. The summed E-state index contributed by atoms with van der Waals surface area (Å²) in [6, 6.07) is 9.91. The van der Waals surface area contributed by atoms with Gasteiger partial charge in [-0.2, -0.15) is 0 Å². The van der Waals surface area contributed by atoms with Gasteiger partial charge in [0.2, 0.25) is 0 Å². The molecular formula is C14H12N4O2. The Morgan fingerprint density at radius 1 is 1.10 bits per heavy atom. The van der Waals surface area contributed by atoms with E-state index in [1.165, 1.54) is 12.1 Å². The molecule has 0 spiro atoms. The number of nitrogens with zero attached hydrogens (tertiary/aromatic N) is 1. The summed E-state index contributed by atoms with van der Waals surface area (Å²) >= 11 is 0. The lowest BCUT2D eigenvalue weighted by Gasteiger charge is -1.97. The molecule has 1 aromatic heterocycles. The Morgan fingerprint density at radius 2 is 1.75 bits per heavy atom. The molecule has 0 aliphatic heterocycles. The van der Waals surface area contributed by atoms with Gasteiger partial charge in [0.05, 0.1) is 28.0 Å². The van der Waals surface area contributed by atoms with E-state index in [0.717, 1.165) is 11.1 Å². The molecule has 0 unspecified atom stereocenters. The van der Waals surface area contributed by atoms with Crippen LogP contribution in [-0.2, 0) is 0 Å². The van der Waals surface area contributed by atoms with Gasteiger partial charge in [-0.1, -0.05) is 12.1 Å². The molecule has 100 valence electrons. The molecule has 20 heavy (non-hydrogen) atoms. The smallest absolute Gasteiger partial charge is 0.335 e. The zero-order valence-corrected chi connectivity index (χ0v) is 10.4. The van der Waals surface area contributed by atoms with Crippen LogP contribution in [0.2, 0.25) is 0 Å². The van der Waals surface area contributed by atoms with Gasteiger partial charge >= 0.3 is 5.97 Å². The second-order valence-electron chi connectivity index (χ2n) is 4.47. The van der Waals surface area contributed by atoms with E-state index in [2.05, 4.69) is 9.97 Å². The number of carbonyl (C=O) groups is 1. The average molecular weight is 268 g/mol. The average Bonchev–Trinajstić information content (AvgIpc) is 2.82.